The van der Waals surface area contributed by atoms with E-state index in [9.17, 15) is 18.3 Å². The summed E-state index contributed by atoms with van der Waals surface area (Å²) in [6.45, 7) is 1.68. The van der Waals surface area contributed by atoms with Gasteiger partial charge in [0.25, 0.3) is 15.6 Å². The number of rotatable bonds is 4. The van der Waals surface area contributed by atoms with Crippen LogP contribution in [0, 0.1) is 6.92 Å². The number of nitrogens with zero attached hydrogens (tertiary/aromatic N) is 1. The van der Waals surface area contributed by atoms with Crippen molar-refractivity contribution in [3.63, 3.8) is 0 Å². The van der Waals surface area contributed by atoms with Gasteiger partial charge in [0, 0.05) is 10.9 Å². The third-order valence-electron chi connectivity index (χ3n) is 4.60. The van der Waals surface area contributed by atoms with E-state index in [1.165, 1.54) is 18.2 Å². The van der Waals surface area contributed by atoms with Crippen molar-refractivity contribution in [3.05, 3.63) is 82.6 Å². The second kappa shape index (κ2) is 7.06. The molecule has 0 fully saturated rings. The maximum absolute atomic E-state index is 13.0. The maximum atomic E-state index is 13.0. The number of hydrogen-bond donors (Lipinski definition) is 3. The first-order chi connectivity index (χ1) is 13.9. The Morgan fingerprint density at radius 2 is 1.66 bits per heavy atom. The van der Waals surface area contributed by atoms with E-state index in [-0.39, 0.29) is 21.9 Å². The molecule has 4 aromatic rings. The molecule has 29 heavy (non-hydrogen) atoms. The van der Waals surface area contributed by atoms with Crippen LogP contribution in [0.2, 0.25) is 0 Å². The predicted molar refractivity (Wildman–Crippen MR) is 111 cm³/mol. The Labute approximate surface area is 166 Å². The highest BCUT2D eigenvalue weighted by atomic mass is 32.2. The Kier molecular flexibility index (Phi) is 4.56. The minimum Gasteiger partial charge on any atom is -0.506 e. The summed E-state index contributed by atoms with van der Waals surface area (Å²) in [4.78, 5) is 12.1. The Hall–Kier alpha value is -3.65. The quantitative estimate of drug-likeness (QED) is 0.449. The van der Waals surface area contributed by atoms with Gasteiger partial charge >= 0.3 is 0 Å². The van der Waals surface area contributed by atoms with Gasteiger partial charge in [-0.1, -0.05) is 42.5 Å². The Balaban J connectivity index is 1.85. The topological polar surface area (TPSA) is 112 Å². The monoisotopic (exact) mass is 407 g/mol. The molecule has 0 aliphatic rings. The Bertz CT molecular complexity index is 1390. The van der Waals surface area contributed by atoms with E-state index < -0.39 is 10.0 Å². The van der Waals surface area contributed by atoms with Crippen molar-refractivity contribution in [2.45, 2.75) is 11.8 Å². The second-order valence-electron chi connectivity index (χ2n) is 6.55. The molecule has 0 spiro atoms. The van der Waals surface area contributed by atoms with Gasteiger partial charge in [0.05, 0.1) is 21.7 Å². The number of aromatic hydroxyl groups is 1. The zero-order chi connectivity index (χ0) is 20.6. The Morgan fingerprint density at radius 1 is 0.966 bits per heavy atom. The highest BCUT2D eigenvalue weighted by molar-refractivity contribution is 7.92. The summed E-state index contributed by atoms with van der Waals surface area (Å²) in [5.41, 5.74) is 1.32. The van der Waals surface area contributed by atoms with Crippen LogP contribution in [0.5, 0.6) is 5.75 Å². The smallest absolute Gasteiger partial charge is 0.272 e. The fourth-order valence-electron chi connectivity index (χ4n) is 3.13. The molecule has 1 heterocycles. The van der Waals surface area contributed by atoms with Gasteiger partial charge in [0.2, 0.25) is 0 Å². The van der Waals surface area contributed by atoms with Gasteiger partial charge in [0.15, 0.2) is 0 Å². The molecule has 3 aromatic carbocycles. The number of phenolic OH excluding ortho intramolecular Hbond substituents is 1. The van der Waals surface area contributed by atoms with E-state index >= 15 is 0 Å². The molecule has 0 atom stereocenters. The van der Waals surface area contributed by atoms with Gasteiger partial charge < -0.3 is 5.11 Å². The van der Waals surface area contributed by atoms with Gasteiger partial charge in [0.1, 0.15) is 5.75 Å². The summed E-state index contributed by atoms with van der Waals surface area (Å²) in [5, 5.41) is 17.6. The summed E-state index contributed by atoms with van der Waals surface area (Å²) in [6, 6.07) is 18.0. The van der Waals surface area contributed by atoms with Crippen LogP contribution in [0.3, 0.4) is 0 Å². The third kappa shape index (κ3) is 3.45. The lowest BCUT2D eigenvalue weighted by molar-refractivity contribution is 0.477. The largest absolute Gasteiger partial charge is 0.506 e. The van der Waals surface area contributed by atoms with Crippen molar-refractivity contribution in [1.82, 2.24) is 10.2 Å². The lowest BCUT2D eigenvalue weighted by Crippen LogP contribution is -2.15. The van der Waals surface area contributed by atoms with E-state index in [1.54, 1.807) is 55.5 Å². The lowest BCUT2D eigenvalue weighted by atomic mass is 10.0. The van der Waals surface area contributed by atoms with E-state index in [4.69, 9.17) is 0 Å². The third-order valence-corrected chi connectivity index (χ3v) is 6.10. The number of phenols is 1. The predicted octanol–water partition coefficient (Wildman–Crippen LogP) is 3.40. The summed E-state index contributed by atoms with van der Waals surface area (Å²) in [6.07, 6.45) is 0. The highest BCUT2D eigenvalue weighted by Crippen LogP contribution is 2.30. The molecule has 1 aromatic heterocycles. The highest BCUT2D eigenvalue weighted by Gasteiger charge is 2.20. The van der Waals surface area contributed by atoms with Crippen LogP contribution in [0.25, 0.3) is 22.0 Å². The van der Waals surface area contributed by atoms with Crippen LogP contribution < -0.4 is 10.3 Å². The van der Waals surface area contributed by atoms with Gasteiger partial charge in [-0.15, -0.1) is 0 Å². The maximum Gasteiger partial charge on any atom is 0.272 e. The number of anilines is 1. The van der Waals surface area contributed by atoms with Crippen molar-refractivity contribution < 1.29 is 13.5 Å². The molecule has 146 valence electrons. The first-order valence-corrected chi connectivity index (χ1v) is 10.2. The number of aromatic nitrogens is 2. The van der Waals surface area contributed by atoms with Gasteiger partial charge in [-0.2, -0.15) is 5.10 Å². The molecule has 0 saturated carbocycles. The molecule has 4 rings (SSSR count). The zero-order valence-electron chi connectivity index (χ0n) is 15.4. The minimum atomic E-state index is -3.97. The van der Waals surface area contributed by atoms with Crippen molar-refractivity contribution in [2.75, 3.05) is 4.72 Å². The molecule has 0 unspecified atom stereocenters. The molecular formula is C21H17N3O4S. The summed E-state index contributed by atoms with van der Waals surface area (Å²) >= 11 is 0. The fourth-order valence-corrected chi connectivity index (χ4v) is 4.48. The molecule has 7 nitrogen and oxygen atoms in total. The average Bonchev–Trinajstić information content (AvgIpc) is 2.71. The molecule has 3 N–H and O–H groups in total. The number of hydrogen-bond acceptors (Lipinski definition) is 5. The van der Waals surface area contributed by atoms with Crippen molar-refractivity contribution in [3.8, 4) is 17.0 Å². The molecule has 0 radical (unpaired) electrons. The molecule has 0 aliphatic carbocycles. The van der Waals surface area contributed by atoms with Crippen LogP contribution in [0.15, 0.2) is 76.4 Å². The number of para-hydroxylation sites is 2. The van der Waals surface area contributed by atoms with Crippen molar-refractivity contribution in [2.24, 2.45) is 0 Å². The Morgan fingerprint density at radius 3 is 2.41 bits per heavy atom. The summed E-state index contributed by atoms with van der Waals surface area (Å²) in [5.74, 6) is -0.168. The molecule has 0 bridgehead atoms. The average molecular weight is 407 g/mol. The van der Waals surface area contributed by atoms with Crippen molar-refractivity contribution in [1.29, 1.82) is 0 Å². The number of fused-ring (bicyclic) bond motifs is 1. The van der Waals surface area contributed by atoms with E-state index in [0.29, 0.717) is 27.6 Å². The first kappa shape index (κ1) is 18.7. The number of aromatic amines is 1. The van der Waals surface area contributed by atoms with E-state index in [0.717, 1.165) is 0 Å². The van der Waals surface area contributed by atoms with Crippen molar-refractivity contribution >= 4 is 26.5 Å². The van der Waals surface area contributed by atoms with Crippen LogP contribution in [-0.2, 0) is 10.0 Å². The molecular weight excluding hydrogens is 390 g/mol. The van der Waals surface area contributed by atoms with E-state index in [2.05, 4.69) is 14.9 Å². The van der Waals surface area contributed by atoms with Gasteiger partial charge in [-0.3, -0.25) is 9.52 Å². The summed E-state index contributed by atoms with van der Waals surface area (Å²) < 4.78 is 28.4. The lowest BCUT2D eigenvalue weighted by Gasteiger charge is -2.13. The molecule has 0 saturated heterocycles. The van der Waals surface area contributed by atoms with Crippen LogP contribution in [-0.4, -0.2) is 23.7 Å². The van der Waals surface area contributed by atoms with Gasteiger partial charge in [-0.25, -0.2) is 13.5 Å². The standard InChI is InChI=1S/C21H17N3O4S/c1-13-10-11-14(20-15-6-2-3-7-16(15)21(26)23-22-20)12-19(13)29(27,28)24-17-8-4-5-9-18(17)25/h2-12,24-25H,1H3,(H,23,26). The first-order valence-electron chi connectivity index (χ1n) is 8.76. The number of nitrogens with one attached hydrogen (secondary N) is 2. The van der Waals surface area contributed by atoms with Crippen LogP contribution in [0.1, 0.15) is 5.56 Å². The normalized spacial score (nSPS) is 11.5. The number of benzene rings is 3. The van der Waals surface area contributed by atoms with E-state index in [1.807, 2.05) is 0 Å². The molecule has 8 heteroatoms. The molecule has 0 aliphatic heterocycles. The SMILES string of the molecule is Cc1ccc(-c2n[nH]c(=O)c3ccccc23)cc1S(=O)(=O)Nc1ccccc1O. The zero-order valence-corrected chi connectivity index (χ0v) is 16.2. The van der Waals surface area contributed by atoms with Crippen LogP contribution in [0.4, 0.5) is 5.69 Å². The number of H-pyrrole nitrogens is 1. The molecule has 0 amide bonds. The van der Waals surface area contributed by atoms with Gasteiger partial charge in [-0.05, 0) is 36.8 Å². The number of aryl methyl sites for hydroxylation is 1. The number of sulfonamides is 1. The second-order valence-corrected chi connectivity index (χ2v) is 8.20. The summed E-state index contributed by atoms with van der Waals surface area (Å²) in [7, 11) is -3.97. The van der Waals surface area contributed by atoms with Crippen LogP contribution >= 0.6 is 0 Å². The minimum absolute atomic E-state index is 0.0512. The fraction of sp³-hybridized carbons (Fsp3) is 0.0476.